The SMILES string of the molecule is Cn1nc(C(=O)O)c2c1CCC(NC(=O)OC(C)(C)C)C2. The maximum Gasteiger partial charge on any atom is 0.407 e. The van der Waals surface area contributed by atoms with Gasteiger partial charge in [-0.15, -0.1) is 0 Å². The van der Waals surface area contributed by atoms with Crippen molar-refractivity contribution in [3.8, 4) is 0 Å². The normalized spacial score (nSPS) is 18.0. The number of carbonyl (C=O) groups is 2. The largest absolute Gasteiger partial charge is 0.476 e. The van der Waals surface area contributed by atoms with E-state index in [0.29, 0.717) is 18.4 Å². The fourth-order valence-corrected chi connectivity index (χ4v) is 2.56. The maximum atomic E-state index is 11.8. The van der Waals surface area contributed by atoms with Crippen LogP contribution in [0.2, 0.25) is 0 Å². The molecule has 2 N–H and O–H groups in total. The zero-order valence-corrected chi connectivity index (χ0v) is 12.8. The molecule has 116 valence electrons. The lowest BCUT2D eigenvalue weighted by atomic mass is 9.91. The number of hydrogen-bond donors (Lipinski definition) is 2. The van der Waals surface area contributed by atoms with Crippen molar-refractivity contribution in [2.75, 3.05) is 0 Å². The minimum absolute atomic E-state index is 0.0724. The number of carboxylic acids is 1. The van der Waals surface area contributed by atoms with E-state index in [2.05, 4.69) is 10.4 Å². The van der Waals surface area contributed by atoms with Crippen molar-refractivity contribution in [1.29, 1.82) is 0 Å². The van der Waals surface area contributed by atoms with Gasteiger partial charge in [0.05, 0.1) is 0 Å². The number of nitrogens with one attached hydrogen (secondary N) is 1. The average Bonchev–Trinajstić information content (AvgIpc) is 2.64. The number of aromatic carboxylic acids is 1. The van der Waals surface area contributed by atoms with Gasteiger partial charge in [-0.05, 0) is 40.0 Å². The highest BCUT2D eigenvalue weighted by atomic mass is 16.6. The van der Waals surface area contributed by atoms with Crippen LogP contribution in [-0.2, 0) is 24.6 Å². The number of hydrogen-bond acceptors (Lipinski definition) is 4. The van der Waals surface area contributed by atoms with Crippen LogP contribution in [0.3, 0.4) is 0 Å². The fourth-order valence-electron chi connectivity index (χ4n) is 2.56. The van der Waals surface area contributed by atoms with Gasteiger partial charge in [-0.1, -0.05) is 0 Å². The molecular formula is C14H21N3O4. The molecule has 0 radical (unpaired) electrons. The van der Waals surface area contributed by atoms with E-state index in [1.165, 1.54) is 0 Å². The zero-order chi connectivity index (χ0) is 15.8. The topological polar surface area (TPSA) is 93.5 Å². The number of alkyl carbamates (subject to hydrolysis) is 1. The molecule has 0 saturated carbocycles. The van der Waals surface area contributed by atoms with E-state index < -0.39 is 17.7 Å². The number of amides is 1. The van der Waals surface area contributed by atoms with E-state index in [9.17, 15) is 14.7 Å². The van der Waals surface area contributed by atoms with Crippen molar-refractivity contribution >= 4 is 12.1 Å². The number of rotatable bonds is 2. The van der Waals surface area contributed by atoms with Crippen molar-refractivity contribution in [1.82, 2.24) is 15.1 Å². The van der Waals surface area contributed by atoms with Gasteiger partial charge in [0.25, 0.3) is 0 Å². The van der Waals surface area contributed by atoms with Crippen LogP contribution in [0.1, 0.15) is 48.9 Å². The zero-order valence-electron chi connectivity index (χ0n) is 12.8. The van der Waals surface area contributed by atoms with Crippen LogP contribution in [0.25, 0.3) is 0 Å². The number of carbonyl (C=O) groups excluding carboxylic acids is 1. The molecule has 21 heavy (non-hydrogen) atoms. The van der Waals surface area contributed by atoms with E-state index in [-0.39, 0.29) is 11.7 Å². The van der Waals surface area contributed by atoms with E-state index >= 15 is 0 Å². The van der Waals surface area contributed by atoms with Crippen molar-refractivity contribution in [3.63, 3.8) is 0 Å². The van der Waals surface area contributed by atoms with Crippen LogP contribution in [0.5, 0.6) is 0 Å². The summed E-state index contributed by atoms with van der Waals surface area (Å²) in [5.74, 6) is -1.04. The Hall–Kier alpha value is -2.05. The third-order valence-corrected chi connectivity index (χ3v) is 3.38. The summed E-state index contributed by atoms with van der Waals surface area (Å²) in [5, 5.41) is 16.0. The van der Waals surface area contributed by atoms with Crippen molar-refractivity contribution in [3.05, 3.63) is 17.0 Å². The summed E-state index contributed by atoms with van der Waals surface area (Å²) >= 11 is 0. The Morgan fingerprint density at radius 1 is 1.43 bits per heavy atom. The molecule has 2 rings (SSSR count). The molecule has 0 fully saturated rings. The number of carboxylic acid groups (broad SMARTS) is 1. The minimum atomic E-state index is -1.04. The standard InChI is InChI=1S/C14H21N3O4/c1-14(2,3)21-13(20)15-8-5-6-10-9(7-8)11(12(18)19)16-17(10)4/h8H,5-7H2,1-4H3,(H,15,20)(H,18,19). The molecule has 1 aromatic rings. The molecule has 1 unspecified atom stereocenters. The highest BCUT2D eigenvalue weighted by Crippen LogP contribution is 2.24. The first-order valence-electron chi connectivity index (χ1n) is 6.95. The summed E-state index contributed by atoms with van der Waals surface area (Å²) < 4.78 is 6.84. The third kappa shape index (κ3) is 3.53. The minimum Gasteiger partial charge on any atom is -0.476 e. The van der Waals surface area contributed by atoms with Crippen LogP contribution in [0, 0.1) is 0 Å². The Morgan fingerprint density at radius 2 is 2.10 bits per heavy atom. The van der Waals surface area contributed by atoms with Crippen LogP contribution in [-0.4, -0.2) is 38.6 Å². The Bertz CT molecular complexity index is 572. The molecule has 1 aromatic heterocycles. The predicted octanol–water partition coefficient (Wildman–Crippen LogP) is 1.50. The molecular weight excluding hydrogens is 274 g/mol. The van der Waals surface area contributed by atoms with Gasteiger partial charge in [0.2, 0.25) is 0 Å². The van der Waals surface area contributed by atoms with Gasteiger partial charge >= 0.3 is 12.1 Å². The molecule has 1 amide bonds. The monoisotopic (exact) mass is 295 g/mol. The van der Waals surface area contributed by atoms with Gasteiger partial charge in [0, 0.05) is 24.3 Å². The second-order valence-corrected chi connectivity index (χ2v) is 6.29. The Balaban J connectivity index is 2.09. The second-order valence-electron chi connectivity index (χ2n) is 6.29. The van der Waals surface area contributed by atoms with Gasteiger partial charge in [-0.25, -0.2) is 9.59 Å². The first-order chi connectivity index (χ1) is 9.67. The molecule has 1 atom stereocenters. The molecule has 1 aliphatic carbocycles. The molecule has 0 bridgehead atoms. The quantitative estimate of drug-likeness (QED) is 0.862. The van der Waals surface area contributed by atoms with Crippen LogP contribution >= 0.6 is 0 Å². The molecule has 1 aliphatic rings. The summed E-state index contributed by atoms with van der Waals surface area (Å²) in [6, 6.07) is -0.130. The third-order valence-electron chi connectivity index (χ3n) is 3.38. The van der Waals surface area contributed by atoms with Gasteiger partial charge in [0.15, 0.2) is 5.69 Å². The van der Waals surface area contributed by atoms with E-state index in [1.54, 1.807) is 32.5 Å². The van der Waals surface area contributed by atoms with E-state index in [1.807, 2.05) is 0 Å². The molecule has 0 aromatic carbocycles. The smallest absolute Gasteiger partial charge is 0.407 e. The number of aryl methyl sites for hydroxylation is 1. The Labute approximate surface area is 123 Å². The number of aromatic nitrogens is 2. The maximum absolute atomic E-state index is 11.8. The molecule has 0 spiro atoms. The highest BCUT2D eigenvalue weighted by Gasteiger charge is 2.29. The van der Waals surface area contributed by atoms with Gasteiger partial charge in [-0.3, -0.25) is 4.68 Å². The van der Waals surface area contributed by atoms with Crippen LogP contribution in [0.4, 0.5) is 4.79 Å². The fraction of sp³-hybridized carbons (Fsp3) is 0.643. The average molecular weight is 295 g/mol. The number of nitrogens with zero attached hydrogens (tertiary/aromatic N) is 2. The molecule has 0 saturated heterocycles. The molecule has 1 heterocycles. The number of fused-ring (bicyclic) bond motifs is 1. The second kappa shape index (κ2) is 5.38. The van der Waals surface area contributed by atoms with Crippen molar-refractivity contribution in [2.24, 2.45) is 7.05 Å². The lowest BCUT2D eigenvalue weighted by Crippen LogP contribution is -2.42. The lowest BCUT2D eigenvalue weighted by Gasteiger charge is -2.26. The lowest BCUT2D eigenvalue weighted by molar-refractivity contribution is 0.0500. The molecule has 7 heteroatoms. The summed E-state index contributed by atoms with van der Waals surface area (Å²) in [4.78, 5) is 23.0. The van der Waals surface area contributed by atoms with Crippen molar-refractivity contribution in [2.45, 2.75) is 51.7 Å². The Kier molecular flexibility index (Phi) is 3.93. The Morgan fingerprint density at radius 3 is 2.67 bits per heavy atom. The summed E-state index contributed by atoms with van der Waals surface area (Å²) in [6.07, 6.45) is 1.42. The highest BCUT2D eigenvalue weighted by molar-refractivity contribution is 5.87. The van der Waals surface area contributed by atoms with Gasteiger partial charge in [-0.2, -0.15) is 5.10 Å². The first-order valence-corrected chi connectivity index (χ1v) is 6.95. The predicted molar refractivity (Wildman–Crippen MR) is 75.4 cm³/mol. The van der Waals surface area contributed by atoms with Crippen LogP contribution < -0.4 is 5.32 Å². The summed E-state index contributed by atoms with van der Waals surface area (Å²) in [6.45, 7) is 5.40. The summed E-state index contributed by atoms with van der Waals surface area (Å²) in [5.41, 5.74) is 1.15. The van der Waals surface area contributed by atoms with Crippen molar-refractivity contribution < 1.29 is 19.4 Å². The molecule has 7 nitrogen and oxygen atoms in total. The number of ether oxygens (including phenoxy) is 1. The van der Waals surface area contributed by atoms with Gasteiger partial charge < -0.3 is 15.2 Å². The van der Waals surface area contributed by atoms with Gasteiger partial charge in [0.1, 0.15) is 5.60 Å². The first kappa shape index (κ1) is 15.3. The summed E-state index contributed by atoms with van der Waals surface area (Å²) in [7, 11) is 1.74. The van der Waals surface area contributed by atoms with E-state index in [4.69, 9.17) is 4.74 Å². The molecule has 0 aliphatic heterocycles. The van der Waals surface area contributed by atoms with E-state index in [0.717, 1.165) is 12.1 Å². The van der Waals surface area contributed by atoms with Crippen LogP contribution in [0.15, 0.2) is 0 Å².